The molecule has 2 aliphatic heterocycles. The second kappa shape index (κ2) is 7.08. The first kappa shape index (κ1) is 16.5. The predicted octanol–water partition coefficient (Wildman–Crippen LogP) is 2.70. The van der Waals surface area contributed by atoms with Gasteiger partial charge in [-0.25, -0.2) is 0 Å². The van der Waals surface area contributed by atoms with Gasteiger partial charge >= 0.3 is 0 Å². The number of carbonyl (C=O) groups is 1. The highest BCUT2D eigenvalue weighted by molar-refractivity contribution is 6.42. The Morgan fingerprint density at radius 2 is 2.08 bits per heavy atom. The van der Waals surface area contributed by atoms with E-state index in [9.17, 15) is 10.1 Å². The summed E-state index contributed by atoms with van der Waals surface area (Å²) < 4.78 is 1.93. The number of benzene rings is 1. The van der Waals surface area contributed by atoms with E-state index in [0.29, 0.717) is 12.2 Å². The lowest BCUT2D eigenvalue weighted by atomic mass is 9.95. The van der Waals surface area contributed by atoms with Crippen molar-refractivity contribution in [3.05, 3.63) is 47.5 Å². The van der Waals surface area contributed by atoms with Crippen LogP contribution in [-0.2, 0) is 22.6 Å². The Hall–Kier alpha value is -3.01. The Kier molecular flexibility index (Phi) is 4.48. The highest BCUT2D eigenvalue weighted by atomic mass is 16.6. The van der Waals surface area contributed by atoms with E-state index in [4.69, 9.17) is 4.84 Å². The molecular weight excluding hydrogens is 330 g/mol. The van der Waals surface area contributed by atoms with Crippen LogP contribution in [0.2, 0.25) is 0 Å². The minimum Gasteiger partial charge on any atom is -0.387 e. The zero-order valence-electron chi connectivity index (χ0n) is 14.3. The second-order valence-corrected chi connectivity index (χ2v) is 6.61. The summed E-state index contributed by atoms with van der Waals surface area (Å²) in [7, 11) is 0. The van der Waals surface area contributed by atoms with E-state index < -0.39 is 5.92 Å². The highest BCUT2D eigenvalue weighted by Gasteiger charge is 2.35. The zero-order chi connectivity index (χ0) is 17.9. The van der Waals surface area contributed by atoms with Crippen LogP contribution in [0.15, 0.2) is 35.5 Å². The van der Waals surface area contributed by atoms with Gasteiger partial charge in [0.15, 0.2) is 17.8 Å². The number of hydrogen-bond acceptors (Lipinski definition) is 6. The monoisotopic (exact) mass is 349 g/mol. The number of nitrogens with zero attached hydrogens (tertiary/aromatic N) is 5. The van der Waals surface area contributed by atoms with Gasteiger partial charge in [0.25, 0.3) is 0 Å². The van der Waals surface area contributed by atoms with Crippen molar-refractivity contribution < 1.29 is 9.63 Å². The molecule has 4 rings (SSSR count). The summed E-state index contributed by atoms with van der Waals surface area (Å²) in [6, 6.07) is 11.7. The quantitative estimate of drug-likeness (QED) is 0.846. The second-order valence-electron chi connectivity index (χ2n) is 6.61. The van der Waals surface area contributed by atoms with Crippen molar-refractivity contribution >= 4 is 11.5 Å². The van der Waals surface area contributed by atoms with E-state index in [1.54, 1.807) is 0 Å². The van der Waals surface area contributed by atoms with E-state index >= 15 is 0 Å². The molecule has 0 unspecified atom stereocenters. The minimum atomic E-state index is -0.994. The Morgan fingerprint density at radius 1 is 1.23 bits per heavy atom. The van der Waals surface area contributed by atoms with Gasteiger partial charge in [0.2, 0.25) is 5.78 Å². The molecule has 0 saturated heterocycles. The fourth-order valence-electron chi connectivity index (χ4n) is 3.49. The third-order valence-corrected chi connectivity index (χ3v) is 4.91. The minimum absolute atomic E-state index is 0.287. The Bertz CT molecular complexity index is 881. The van der Waals surface area contributed by atoms with Crippen LogP contribution in [0.5, 0.6) is 0 Å². The molecule has 2 atom stereocenters. The number of ketones is 1. The number of Topliss-reactive ketones (excluding diaryl/α,β-unsaturated/α-hetero) is 1. The number of fused-ring (bicyclic) bond motifs is 1. The standard InChI is InChI=1S/C19H19N5O2/c20-12-14(19-22-21-17-9-5-2-6-10-24(17)19)18(25)15-11-16(26-23-15)13-7-3-1-4-8-13/h1,3-4,7-8,14,16H,2,5-6,9-11H2/t14-,16-/m1/s1. The maximum Gasteiger partial charge on any atom is 0.205 e. The number of oxime groups is 1. The van der Waals surface area contributed by atoms with Crippen molar-refractivity contribution in [2.45, 2.75) is 50.7 Å². The van der Waals surface area contributed by atoms with Crippen LogP contribution in [0.4, 0.5) is 0 Å². The molecule has 7 nitrogen and oxygen atoms in total. The van der Waals surface area contributed by atoms with Crippen LogP contribution in [-0.4, -0.2) is 26.3 Å². The number of carbonyl (C=O) groups excluding carboxylic acids is 1. The fourth-order valence-corrected chi connectivity index (χ4v) is 3.49. The smallest absolute Gasteiger partial charge is 0.205 e. The molecule has 0 saturated carbocycles. The lowest BCUT2D eigenvalue weighted by Gasteiger charge is -2.11. The molecule has 2 aliphatic rings. The summed E-state index contributed by atoms with van der Waals surface area (Å²) >= 11 is 0. The van der Waals surface area contributed by atoms with Crippen molar-refractivity contribution in [2.75, 3.05) is 0 Å². The predicted molar refractivity (Wildman–Crippen MR) is 93.3 cm³/mol. The fraction of sp³-hybridized carbons (Fsp3) is 0.421. The molecule has 0 aliphatic carbocycles. The largest absolute Gasteiger partial charge is 0.387 e. The van der Waals surface area contributed by atoms with Gasteiger partial charge in [-0.15, -0.1) is 10.2 Å². The molecule has 1 aromatic heterocycles. The van der Waals surface area contributed by atoms with E-state index in [0.717, 1.165) is 43.6 Å². The van der Waals surface area contributed by atoms with Gasteiger partial charge in [-0.2, -0.15) is 5.26 Å². The summed E-state index contributed by atoms with van der Waals surface area (Å²) in [6.07, 6.45) is 4.09. The molecule has 26 heavy (non-hydrogen) atoms. The highest BCUT2D eigenvalue weighted by Crippen LogP contribution is 2.30. The molecule has 0 N–H and O–H groups in total. The first-order chi connectivity index (χ1) is 12.8. The van der Waals surface area contributed by atoms with Crippen LogP contribution in [0.3, 0.4) is 0 Å². The Balaban J connectivity index is 1.54. The van der Waals surface area contributed by atoms with E-state index in [-0.39, 0.29) is 17.6 Å². The van der Waals surface area contributed by atoms with Crippen molar-refractivity contribution in [1.29, 1.82) is 5.26 Å². The van der Waals surface area contributed by atoms with Crippen LogP contribution in [0, 0.1) is 11.3 Å². The molecule has 0 bridgehead atoms. The van der Waals surface area contributed by atoms with Crippen LogP contribution in [0.25, 0.3) is 0 Å². The first-order valence-corrected chi connectivity index (χ1v) is 8.91. The van der Waals surface area contributed by atoms with Gasteiger partial charge < -0.3 is 9.40 Å². The molecule has 0 fully saturated rings. The first-order valence-electron chi connectivity index (χ1n) is 8.91. The normalized spacial score (nSPS) is 20.3. The van der Waals surface area contributed by atoms with Gasteiger partial charge in [0, 0.05) is 19.4 Å². The third-order valence-electron chi connectivity index (χ3n) is 4.91. The van der Waals surface area contributed by atoms with Crippen molar-refractivity contribution in [1.82, 2.24) is 14.8 Å². The number of aromatic nitrogens is 3. The molecule has 7 heteroatoms. The summed E-state index contributed by atoms with van der Waals surface area (Å²) in [5.41, 5.74) is 1.25. The van der Waals surface area contributed by atoms with Gasteiger partial charge in [0.05, 0.1) is 6.07 Å². The number of hydrogen-bond donors (Lipinski definition) is 0. The molecular formula is C19H19N5O2. The SMILES string of the molecule is N#C[C@H](C(=O)C1=NO[C@@H](c2ccccc2)C1)c1nnc2n1CCCCC2. The van der Waals surface area contributed by atoms with Crippen LogP contribution >= 0.6 is 0 Å². The lowest BCUT2D eigenvalue weighted by Crippen LogP contribution is -2.24. The van der Waals surface area contributed by atoms with Gasteiger partial charge in [-0.05, 0) is 18.4 Å². The van der Waals surface area contributed by atoms with E-state index in [1.807, 2.05) is 34.9 Å². The van der Waals surface area contributed by atoms with Crippen LogP contribution < -0.4 is 0 Å². The zero-order valence-corrected chi connectivity index (χ0v) is 14.3. The maximum absolute atomic E-state index is 12.9. The molecule has 3 heterocycles. The Morgan fingerprint density at radius 3 is 2.88 bits per heavy atom. The molecule has 2 aromatic rings. The number of nitriles is 1. The molecule has 1 aromatic carbocycles. The van der Waals surface area contributed by atoms with E-state index in [2.05, 4.69) is 21.4 Å². The van der Waals surface area contributed by atoms with Crippen molar-refractivity contribution in [3.8, 4) is 6.07 Å². The average molecular weight is 349 g/mol. The topological polar surface area (TPSA) is 93.2 Å². The maximum atomic E-state index is 12.9. The number of aryl methyl sites for hydroxylation is 1. The van der Waals surface area contributed by atoms with E-state index in [1.165, 1.54) is 0 Å². The van der Waals surface area contributed by atoms with Crippen LogP contribution in [0.1, 0.15) is 54.9 Å². The summed E-state index contributed by atoms with van der Waals surface area (Å²) in [4.78, 5) is 18.3. The number of rotatable bonds is 4. The molecule has 0 radical (unpaired) electrons. The third kappa shape index (κ3) is 2.99. The summed E-state index contributed by atoms with van der Waals surface area (Å²) in [5.74, 6) is -0.0471. The lowest BCUT2D eigenvalue weighted by molar-refractivity contribution is -0.113. The Labute approximate surface area is 151 Å². The van der Waals surface area contributed by atoms with Gasteiger partial charge in [0.1, 0.15) is 11.5 Å². The van der Waals surface area contributed by atoms with Gasteiger partial charge in [-0.3, -0.25) is 4.79 Å². The van der Waals surface area contributed by atoms with Gasteiger partial charge in [-0.1, -0.05) is 41.9 Å². The van der Waals surface area contributed by atoms with Crippen molar-refractivity contribution in [3.63, 3.8) is 0 Å². The molecule has 132 valence electrons. The molecule has 0 spiro atoms. The average Bonchev–Trinajstić information content (AvgIpc) is 3.25. The molecule has 0 amide bonds. The summed E-state index contributed by atoms with van der Waals surface area (Å²) in [6.45, 7) is 0.749. The summed E-state index contributed by atoms with van der Waals surface area (Å²) in [5, 5.41) is 21.9. The van der Waals surface area contributed by atoms with Crippen molar-refractivity contribution in [2.24, 2.45) is 5.16 Å².